The van der Waals surface area contributed by atoms with Crippen LogP contribution in [0.4, 0.5) is 5.69 Å². The zero-order valence-electron chi connectivity index (χ0n) is 23.4. The number of rotatable bonds is 8. The molecule has 1 aliphatic rings. The van der Waals surface area contributed by atoms with Crippen molar-refractivity contribution in [3.63, 3.8) is 0 Å². The van der Waals surface area contributed by atoms with E-state index in [0.717, 1.165) is 5.56 Å². The maximum absolute atomic E-state index is 14.3. The Morgan fingerprint density at radius 1 is 1.00 bits per heavy atom. The SMILES string of the molecule is CCOc1cc(C2N(C(=O)c3ccccc3)c3ccccc3-c3c([O-])nc(SC)n[n+]32)cc(Cl)c1OCc1ccccc1. The summed E-state index contributed by atoms with van der Waals surface area (Å²) in [6.07, 6.45) is 0.905. The summed E-state index contributed by atoms with van der Waals surface area (Å²) < 4.78 is 13.7. The van der Waals surface area contributed by atoms with Gasteiger partial charge in [-0.15, -0.1) is 0 Å². The lowest BCUT2D eigenvalue weighted by Crippen LogP contribution is -2.59. The summed E-state index contributed by atoms with van der Waals surface area (Å²) in [7, 11) is 0. The summed E-state index contributed by atoms with van der Waals surface area (Å²) in [4.78, 5) is 20.1. The summed E-state index contributed by atoms with van der Waals surface area (Å²) in [5.41, 5.74) is 3.41. The normalized spacial score (nSPS) is 13.7. The Bertz CT molecular complexity index is 1790. The van der Waals surface area contributed by atoms with E-state index in [1.807, 2.05) is 73.7 Å². The maximum atomic E-state index is 14.3. The summed E-state index contributed by atoms with van der Waals surface area (Å²) in [5, 5.41) is 18.8. The van der Waals surface area contributed by atoms with Gasteiger partial charge in [-0.1, -0.05) is 88.7 Å². The van der Waals surface area contributed by atoms with E-state index in [-0.39, 0.29) is 23.4 Å². The fourth-order valence-corrected chi connectivity index (χ4v) is 5.75. The van der Waals surface area contributed by atoms with Crippen LogP contribution < -0.4 is 24.2 Å². The van der Waals surface area contributed by atoms with Gasteiger partial charge in [-0.3, -0.25) is 4.79 Å². The highest BCUT2D eigenvalue weighted by Gasteiger charge is 2.45. The molecule has 0 radical (unpaired) electrons. The first kappa shape index (κ1) is 28.5. The van der Waals surface area contributed by atoms with E-state index >= 15 is 0 Å². The Morgan fingerprint density at radius 3 is 2.42 bits per heavy atom. The van der Waals surface area contributed by atoms with Crippen LogP contribution in [0.15, 0.2) is 102 Å². The lowest BCUT2D eigenvalue weighted by molar-refractivity contribution is -0.764. The molecule has 8 nitrogen and oxygen atoms in total. The molecular formula is C33H27ClN4O4S. The summed E-state index contributed by atoms with van der Waals surface area (Å²) in [6.45, 7) is 2.51. The van der Waals surface area contributed by atoms with E-state index in [2.05, 4.69) is 4.98 Å². The second-order valence-electron chi connectivity index (χ2n) is 9.67. The third kappa shape index (κ3) is 5.49. The van der Waals surface area contributed by atoms with Gasteiger partial charge in [0.25, 0.3) is 22.9 Å². The third-order valence-corrected chi connectivity index (χ3v) is 7.81. The number of carbonyl (C=O) groups is 1. The minimum atomic E-state index is -0.890. The highest BCUT2D eigenvalue weighted by atomic mass is 35.5. The lowest BCUT2D eigenvalue weighted by Gasteiger charge is -2.34. The van der Waals surface area contributed by atoms with Crippen molar-refractivity contribution in [1.29, 1.82) is 0 Å². The number of carbonyl (C=O) groups excluding carboxylic acids is 1. The van der Waals surface area contributed by atoms with Crippen LogP contribution in [0, 0.1) is 0 Å². The first-order valence-electron chi connectivity index (χ1n) is 13.7. The summed E-state index contributed by atoms with van der Waals surface area (Å²) in [5.74, 6) is 0.0834. The summed E-state index contributed by atoms with van der Waals surface area (Å²) >= 11 is 8.15. The van der Waals surface area contributed by atoms with Gasteiger partial charge in [-0.2, -0.15) is 0 Å². The fraction of sp³-hybridized carbons (Fsp3) is 0.152. The molecule has 0 saturated carbocycles. The zero-order chi connectivity index (χ0) is 29.9. The highest BCUT2D eigenvalue weighted by Crippen LogP contribution is 2.45. The molecule has 1 amide bonds. The number of benzene rings is 4. The van der Waals surface area contributed by atoms with Gasteiger partial charge >= 0.3 is 0 Å². The molecule has 10 heteroatoms. The quantitative estimate of drug-likeness (QED) is 0.156. The van der Waals surface area contributed by atoms with Crippen molar-refractivity contribution in [2.45, 2.75) is 24.9 Å². The minimum absolute atomic E-state index is 0.272. The van der Waals surface area contributed by atoms with Crippen molar-refractivity contribution < 1.29 is 24.1 Å². The second kappa shape index (κ2) is 12.3. The molecule has 1 aromatic heterocycles. The van der Waals surface area contributed by atoms with Crippen molar-refractivity contribution in [3.05, 3.63) is 119 Å². The first-order chi connectivity index (χ1) is 21.0. The molecule has 6 rings (SSSR count). The second-order valence-corrected chi connectivity index (χ2v) is 10.8. The molecule has 0 N–H and O–H groups in total. The lowest BCUT2D eigenvalue weighted by atomic mass is 9.99. The van der Waals surface area contributed by atoms with Gasteiger partial charge in [0.2, 0.25) is 0 Å². The van der Waals surface area contributed by atoms with Gasteiger partial charge in [0.05, 0.1) is 34.3 Å². The fourth-order valence-electron chi connectivity index (χ4n) is 5.13. The van der Waals surface area contributed by atoms with Gasteiger partial charge in [-0.05, 0) is 55.1 Å². The number of para-hydroxylation sites is 1. The predicted octanol–water partition coefficient (Wildman–Crippen LogP) is 6.07. The van der Waals surface area contributed by atoms with Gasteiger partial charge in [0, 0.05) is 10.7 Å². The Kier molecular flexibility index (Phi) is 8.18. The van der Waals surface area contributed by atoms with E-state index in [9.17, 15) is 9.90 Å². The van der Waals surface area contributed by atoms with Gasteiger partial charge in [-0.25, -0.2) is 9.88 Å². The number of fused-ring (bicyclic) bond motifs is 3. The van der Waals surface area contributed by atoms with Crippen LogP contribution in [0.2, 0.25) is 5.02 Å². The number of hydrogen-bond donors (Lipinski definition) is 0. The van der Waals surface area contributed by atoms with Crippen LogP contribution in [0.5, 0.6) is 17.4 Å². The Morgan fingerprint density at radius 2 is 1.70 bits per heavy atom. The first-order valence-corrected chi connectivity index (χ1v) is 15.3. The van der Waals surface area contributed by atoms with Crippen LogP contribution >= 0.6 is 23.4 Å². The third-order valence-electron chi connectivity index (χ3n) is 7.00. The van der Waals surface area contributed by atoms with E-state index in [1.54, 1.807) is 46.2 Å². The van der Waals surface area contributed by atoms with Crippen LogP contribution in [-0.2, 0) is 6.61 Å². The smallest absolute Gasteiger partial charge is 0.293 e. The van der Waals surface area contributed by atoms with Crippen LogP contribution in [0.3, 0.4) is 0 Å². The maximum Gasteiger partial charge on any atom is 0.293 e. The highest BCUT2D eigenvalue weighted by molar-refractivity contribution is 7.98. The molecule has 0 bridgehead atoms. The average molecular weight is 611 g/mol. The zero-order valence-corrected chi connectivity index (χ0v) is 25.0. The van der Waals surface area contributed by atoms with Crippen LogP contribution in [-0.4, -0.2) is 28.9 Å². The number of hydrogen-bond acceptors (Lipinski definition) is 7. The van der Waals surface area contributed by atoms with Crippen molar-refractivity contribution in [3.8, 4) is 28.6 Å². The predicted molar refractivity (Wildman–Crippen MR) is 164 cm³/mol. The molecule has 0 saturated heterocycles. The van der Waals surface area contributed by atoms with Gasteiger partial charge < -0.3 is 14.6 Å². The van der Waals surface area contributed by atoms with E-state index in [1.165, 1.54) is 11.8 Å². The van der Waals surface area contributed by atoms with E-state index < -0.39 is 12.0 Å². The van der Waals surface area contributed by atoms with Crippen molar-refractivity contribution in [1.82, 2.24) is 10.1 Å². The molecular weight excluding hydrogens is 584 g/mol. The number of ether oxygens (including phenoxy) is 2. The topological polar surface area (TPSA) is 91.5 Å². The van der Waals surface area contributed by atoms with E-state index in [0.29, 0.717) is 45.5 Å². The number of thioether (sulfide) groups is 1. The van der Waals surface area contributed by atoms with Crippen LogP contribution in [0.25, 0.3) is 11.3 Å². The number of nitrogens with zero attached hydrogens (tertiary/aromatic N) is 4. The minimum Gasteiger partial charge on any atom is -0.854 e. The molecule has 4 aromatic carbocycles. The monoisotopic (exact) mass is 610 g/mol. The Balaban J connectivity index is 1.56. The number of anilines is 1. The number of aromatic nitrogens is 3. The molecule has 1 atom stereocenters. The Hall–Kier alpha value is -4.60. The molecule has 2 heterocycles. The number of halogens is 1. The molecule has 1 aliphatic heterocycles. The molecule has 1 unspecified atom stereocenters. The molecule has 0 aliphatic carbocycles. The van der Waals surface area contributed by atoms with Gasteiger partial charge in [0.1, 0.15) is 6.61 Å². The van der Waals surface area contributed by atoms with Crippen LogP contribution in [0.1, 0.15) is 34.6 Å². The molecule has 0 fully saturated rings. The van der Waals surface area contributed by atoms with Crippen molar-refractivity contribution >= 4 is 35.0 Å². The van der Waals surface area contributed by atoms with Crippen molar-refractivity contribution in [2.24, 2.45) is 0 Å². The molecule has 0 spiro atoms. The van der Waals surface area contributed by atoms with Crippen molar-refractivity contribution in [2.75, 3.05) is 17.8 Å². The average Bonchev–Trinajstić information content (AvgIpc) is 3.04. The number of amides is 1. The molecule has 43 heavy (non-hydrogen) atoms. The molecule has 5 aromatic rings. The standard InChI is InChI=1S/C33H27ClN4O4S/c1-3-41-27-19-23(18-25(34)29(27)42-20-21-12-6-4-7-13-21)31-37(32(40)22-14-8-5-9-15-22)26-17-11-10-16-24(26)28-30(39)35-33(43-2)36-38(28)31/h4-19,31H,3,20H2,1-2H3. The summed E-state index contributed by atoms with van der Waals surface area (Å²) in [6, 6.07) is 29.5. The van der Waals surface area contributed by atoms with Gasteiger partial charge in [0.15, 0.2) is 11.5 Å². The largest absolute Gasteiger partial charge is 0.854 e. The molecule has 216 valence electrons. The van der Waals surface area contributed by atoms with E-state index in [4.69, 9.17) is 26.2 Å². The Labute approximate surface area is 258 Å².